The van der Waals surface area contributed by atoms with Crippen molar-refractivity contribution < 1.29 is 27.1 Å². The molecule has 1 aliphatic rings. The Morgan fingerprint density at radius 3 is 2.45 bits per heavy atom. The maximum Gasteiger partial charge on any atom is 0.255 e. The summed E-state index contributed by atoms with van der Waals surface area (Å²) in [7, 11) is -2.34. The Balaban J connectivity index is 1.86. The first kappa shape index (κ1) is 21.2. The summed E-state index contributed by atoms with van der Waals surface area (Å²) in [4.78, 5) is 12.9. The Morgan fingerprint density at radius 2 is 1.83 bits per heavy atom. The highest BCUT2D eigenvalue weighted by Gasteiger charge is 2.28. The lowest BCUT2D eigenvalue weighted by Gasteiger charge is -2.26. The van der Waals surface area contributed by atoms with E-state index in [1.807, 2.05) is 0 Å². The highest BCUT2D eigenvalue weighted by atomic mass is 32.2. The van der Waals surface area contributed by atoms with Gasteiger partial charge in [-0.05, 0) is 42.8 Å². The number of benzene rings is 2. The molecular formula is C20H23FN2O5S. The number of halogens is 1. The van der Waals surface area contributed by atoms with Crippen LogP contribution in [0.2, 0.25) is 0 Å². The van der Waals surface area contributed by atoms with Crippen molar-refractivity contribution in [1.82, 2.24) is 9.62 Å². The number of nitrogens with one attached hydrogen (secondary N) is 1. The van der Waals surface area contributed by atoms with Gasteiger partial charge in [0.2, 0.25) is 10.0 Å². The molecule has 7 nitrogen and oxygen atoms in total. The molecule has 3 rings (SSSR count). The minimum Gasteiger partial charge on any atom is -0.496 e. The van der Waals surface area contributed by atoms with Gasteiger partial charge in [-0.25, -0.2) is 12.8 Å². The van der Waals surface area contributed by atoms with Gasteiger partial charge in [0.15, 0.2) is 0 Å². The Morgan fingerprint density at radius 1 is 1.17 bits per heavy atom. The SMILES string of the molecule is COc1ccc(S(=O)(=O)N2CCOCC2)cc1C(=O)N[C@@H](C)c1ccc(F)cc1. The van der Waals surface area contributed by atoms with E-state index in [0.717, 1.165) is 5.56 Å². The first-order valence-electron chi connectivity index (χ1n) is 9.15. The first-order chi connectivity index (χ1) is 13.8. The van der Waals surface area contributed by atoms with Crippen LogP contribution in [0, 0.1) is 5.82 Å². The smallest absolute Gasteiger partial charge is 0.255 e. The van der Waals surface area contributed by atoms with E-state index in [4.69, 9.17) is 9.47 Å². The lowest BCUT2D eigenvalue weighted by Crippen LogP contribution is -2.40. The van der Waals surface area contributed by atoms with Crippen LogP contribution in [0.15, 0.2) is 47.4 Å². The molecular weight excluding hydrogens is 399 g/mol. The molecule has 0 bridgehead atoms. The molecule has 0 radical (unpaired) electrons. The maximum atomic E-state index is 13.1. The van der Waals surface area contributed by atoms with E-state index >= 15 is 0 Å². The van der Waals surface area contributed by atoms with Crippen molar-refractivity contribution in [1.29, 1.82) is 0 Å². The minimum atomic E-state index is -3.75. The molecule has 1 fully saturated rings. The van der Waals surface area contributed by atoms with Crippen molar-refractivity contribution in [2.24, 2.45) is 0 Å². The zero-order valence-corrected chi connectivity index (χ0v) is 17.0. The molecule has 1 atom stereocenters. The summed E-state index contributed by atoms with van der Waals surface area (Å²) in [6, 6.07) is 9.58. The van der Waals surface area contributed by atoms with Crippen molar-refractivity contribution in [2.75, 3.05) is 33.4 Å². The van der Waals surface area contributed by atoms with Crippen LogP contribution in [0.1, 0.15) is 28.9 Å². The van der Waals surface area contributed by atoms with Gasteiger partial charge in [0.1, 0.15) is 11.6 Å². The van der Waals surface area contributed by atoms with Gasteiger partial charge in [-0.3, -0.25) is 4.79 Å². The number of sulfonamides is 1. The van der Waals surface area contributed by atoms with Crippen LogP contribution in [0.3, 0.4) is 0 Å². The number of hydrogen-bond acceptors (Lipinski definition) is 5. The number of nitrogens with zero attached hydrogens (tertiary/aromatic N) is 1. The summed E-state index contributed by atoms with van der Waals surface area (Å²) < 4.78 is 50.7. The minimum absolute atomic E-state index is 0.0137. The molecule has 9 heteroatoms. The third-order valence-electron chi connectivity index (χ3n) is 4.74. The molecule has 1 N–H and O–H groups in total. The highest BCUT2D eigenvalue weighted by Crippen LogP contribution is 2.26. The first-order valence-corrected chi connectivity index (χ1v) is 10.6. The molecule has 29 heavy (non-hydrogen) atoms. The quantitative estimate of drug-likeness (QED) is 0.773. The largest absolute Gasteiger partial charge is 0.496 e. The van der Waals surface area contributed by atoms with E-state index < -0.39 is 22.0 Å². The van der Waals surface area contributed by atoms with Crippen molar-refractivity contribution in [3.05, 3.63) is 59.4 Å². The molecule has 0 unspecified atom stereocenters. The Labute approximate surface area is 169 Å². The van der Waals surface area contributed by atoms with Gasteiger partial charge in [0.25, 0.3) is 5.91 Å². The van der Waals surface area contributed by atoms with Gasteiger partial charge in [-0.15, -0.1) is 0 Å². The summed E-state index contributed by atoms with van der Waals surface area (Å²) >= 11 is 0. The van der Waals surface area contributed by atoms with Gasteiger partial charge in [0, 0.05) is 13.1 Å². The number of amides is 1. The van der Waals surface area contributed by atoms with Crippen LogP contribution >= 0.6 is 0 Å². The molecule has 156 valence electrons. The average molecular weight is 422 g/mol. The van der Waals surface area contributed by atoms with Gasteiger partial charge in [-0.2, -0.15) is 4.31 Å². The third kappa shape index (κ3) is 4.75. The van der Waals surface area contributed by atoms with Crippen LogP contribution in [0.5, 0.6) is 5.75 Å². The van der Waals surface area contributed by atoms with E-state index in [1.54, 1.807) is 19.1 Å². The van der Waals surface area contributed by atoms with Crippen LogP contribution in [0.4, 0.5) is 4.39 Å². The molecule has 2 aromatic rings. The van der Waals surface area contributed by atoms with Crippen molar-refractivity contribution in [2.45, 2.75) is 17.9 Å². The number of rotatable bonds is 6. The van der Waals surface area contributed by atoms with Crippen LogP contribution in [-0.2, 0) is 14.8 Å². The summed E-state index contributed by atoms with van der Waals surface area (Å²) in [6.07, 6.45) is 0. The predicted octanol–water partition coefficient (Wildman–Crippen LogP) is 2.35. The fraction of sp³-hybridized carbons (Fsp3) is 0.350. The Kier molecular flexibility index (Phi) is 6.51. The lowest BCUT2D eigenvalue weighted by molar-refractivity contribution is 0.0730. The van der Waals surface area contributed by atoms with Crippen LogP contribution < -0.4 is 10.1 Å². The summed E-state index contributed by atoms with van der Waals surface area (Å²) in [6.45, 7) is 2.94. The second kappa shape index (κ2) is 8.89. The Hall–Kier alpha value is -2.49. The summed E-state index contributed by atoms with van der Waals surface area (Å²) in [5, 5.41) is 2.80. The number of methoxy groups -OCH3 is 1. The van der Waals surface area contributed by atoms with E-state index in [0.29, 0.717) is 13.2 Å². The van der Waals surface area contributed by atoms with Crippen molar-refractivity contribution in [3.8, 4) is 5.75 Å². The van der Waals surface area contributed by atoms with Gasteiger partial charge >= 0.3 is 0 Å². The van der Waals surface area contributed by atoms with Crippen LogP contribution in [-0.4, -0.2) is 52.0 Å². The number of morpholine rings is 1. The van der Waals surface area contributed by atoms with E-state index in [2.05, 4.69) is 5.32 Å². The van der Waals surface area contributed by atoms with Crippen molar-refractivity contribution in [3.63, 3.8) is 0 Å². The summed E-state index contributed by atoms with van der Waals surface area (Å²) in [5.41, 5.74) is 0.826. The van der Waals surface area contributed by atoms with E-state index in [9.17, 15) is 17.6 Å². The molecule has 0 aromatic heterocycles. The average Bonchev–Trinajstić information content (AvgIpc) is 2.74. The topological polar surface area (TPSA) is 84.9 Å². The molecule has 0 aliphatic carbocycles. The highest BCUT2D eigenvalue weighted by molar-refractivity contribution is 7.89. The van der Waals surface area contributed by atoms with Gasteiger partial charge < -0.3 is 14.8 Å². The summed E-state index contributed by atoms with van der Waals surface area (Å²) in [5.74, 6) is -0.595. The van der Waals surface area contributed by atoms with E-state index in [1.165, 1.54) is 41.7 Å². The van der Waals surface area contributed by atoms with Gasteiger partial charge in [-0.1, -0.05) is 12.1 Å². The molecule has 1 aliphatic heterocycles. The third-order valence-corrected chi connectivity index (χ3v) is 6.64. The predicted molar refractivity (Wildman–Crippen MR) is 105 cm³/mol. The second-order valence-electron chi connectivity index (χ2n) is 6.63. The lowest BCUT2D eigenvalue weighted by atomic mass is 10.1. The Bertz CT molecular complexity index is 973. The molecule has 2 aromatic carbocycles. The standard InChI is InChI=1S/C20H23FN2O5S/c1-14(15-3-5-16(21)6-4-15)22-20(24)18-13-17(7-8-19(18)27-2)29(25,26)23-9-11-28-12-10-23/h3-8,13-14H,9-12H2,1-2H3,(H,22,24)/t14-/m0/s1. The second-order valence-corrected chi connectivity index (χ2v) is 8.56. The normalized spacial score (nSPS) is 16.2. The zero-order chi connectivity index (χ0) is 21.0. The molecule has 1 amide bonds. The van der Waals surface area contributed by atoms with Crippen LogP contribution in [0.25, 0.3) is 0 Å². The fourth-order valence-corrected chi connectivity index (χ4v) is 4.50. The molecule has 0 saturated carbocycles. The maximum absolute atomic E-state index is 13.1. The van der Waals surface area contributed by atoms with Crippen molar-refractivity contribution >= 4 is 15.9 Å². The number of carbonyl (C=O) groups excluding carboxylic acids is 1. The number of hydrogen-bond donors (Lipinski definition) is 1. The number of carbonyl (C=O) groups is 1. The molecule has 1 heterocycles. The fourth-order valence-electron chi connectivity index (χ4n) is 3.07. The molecule has 0 spiro atoms. The zero-order valence-electron chi connectivity index (χ0n) is 16.2. The van der Waals surface area contributed by atoms with E-state index in [-0.39, 0.29) is 35.1 Å². The monoisotopic (exact) mass is 422 g/mol. The number of ether oxygens (including phenoxy) is 2. The molecule has 1 saturated heterocycles. The van der Waals surface area contributed by atoms with Gasteiger partial charge in [0.05, 0.1) is 36.8 Å².